The summed E-state index contributed by atoms with van der Waals surface area (Å²) in [6.07, 6.45) is 4.58. The van der Waals surface area contributed by atoms with Crippen LogP contribution in [0.5, 0.6) is 0 Å². The van der Waals surface area contributed by atoms with Crippen LogP contribution in [-0.2, 0) is 11.3 Å². The first-order valence-electron chi connectivity index (χ1n) is 7.83. The van der Waals surface area contributed by atoms with Gasteiger partial charge >= 0.3 is 0 Å². The van der Waals surface area contributed by atoms with E-state index in [1.54, 1.807) is 0 Å². The van der Waals surface area contributed by atoms with Gasteiger partial charge in [-0.3, -0.25) is 9.88 Å². The third-order valence-electron chi connectivity index (χ3n) is 4.18. The van der Waals surface area contributed by atoms with Crippen LogP contribution in [-0.4, -0.2) is 58.1 Å². The molecule has 0 aliphatic carbocycles. The molecule has 1 aromatic rings. The lowest BCUT2D eigenvalue weighted by Crippen LogP contribution is -2.45. The number of pyridine rings is 1. The molecule has 0 aromatic carbocycles. The first-order chi connectivity index (χ1) is 10.4. The second kappa shape index (κ2) is 8.42. The Labute approximate surface area is 136 Å². The van der Waals surface area contributed by atoms with Crippen molar-refractivity contribution < 1.29 is 4.74 Å². The molecule has 3 heterocycles. The lowest BCUT2D eigenvalue weighted by Gasteiger charge is -2.36. The number of ether oxygens (including phenoxy) is 1. The summed E-state index contributed by atoms with van der Waals surface area (Å²) in [5, 5.41) is 0. The Morgan fingerprint density at radius 3 is 2.57 bits per heavy atom. The summed E-state index contributed by atoms with van der Waals surface area (Å²) in [7, 11) is 0. The zero-order valence-electron chi connectivity index (χ0n) is 12.4. The fourth-order valence-corrected chi connectivity index (χ4v) is 5.54. The first kappa shape index (κ1) is 15.7. The second-order valence-corrected chi connectivity index (χ2v) is 7.97. The Hall–Kier alpha value is -0.230. The number of hydrogen-bond acceptors (Lipinski definition) is 5. The number of aromatic nitrogens is 1. The van der Waals surface area contributed by atoms with Crippen LogP contribution in [0.3, 0.4) is 0 Å². The summed E-state index contributed by atoms with van der Waals surface area (Å²) >= 11 is 4.25. The molecule has 2 aliphatic heterocycles. The number of nitrogens with zero attached hydrogens (tertiary/aromatic N) is 2. The van der Waals surface area contributed by atoms with Crippen molar-refractivity contribution in [3.8, 4) is 0 Å². The molecule has 0 amide bonds. The zero-order valence-corrected chi connectivity index (χ0v) is 14.1. The number of piperidine rings is 1. The van der Waals surface area contributed by atoms with Crippen LogP contribution < -0.4 is 0 Å². The molecule has 0 N–H and O–H groups in total. The van der Waals surface area contributed by atoms with E-state index in [-0.39, 0.29) is 0 Å². The standard InChI is InChI=1S/C16H24N2OS2/c1-2-6-17-14(3-1)11-19-16-4-7-18(8-5-16)15-12-20-9-10-21-13-15/h1-3,6,15-16H,4-5,7-13H2. The minimum absolute atomic E-state index is 0.411. The smallest absolute Gasteiger partial charge is 0.0891 e. The van der Waals surface area contributed by atoms with E-state index in [1.165, 1.54) is 48.9 Å². The number of hydrogen-bond donors (Lipinski definition) is 0. The summed E-state index contributed by atoms with van der Waals surface area (Å²) in [6, 6.07) is 6.79. The molecule has 0 bridgehead atoms. The van der Waals surface area contributed by atoms with Gasteiger partial charge in [-0.2, -0.15) is 23.5 Å². The first-order valence-corrected chi connectivity index (χ1v) is 10.1. The highest BCUT2D eigenvalue weighted by Gasteiger charge is 2.26. The van der Waals surface area contributed by atoms with Gasteiger partial charge in [0.15, 0.2) is 0 Å². The maximum absolute atomic E-state index is 6.03. The average Bonchev–Trinajstić information content (AvgIpc) is 2.84. The monoisotopic (exact) mass is 324 g/mol. The van der Waals surface area contributed by atoms with Crippen molar-refractivity contribution in [1.29, 1.82) is 0 Å². The molecule has 3 rings (SSSR count). The van der Waals surface area contributed by atoms with E-state index < -0.39 is 0 Å². The third-order valence-corrected chi connectivity index (χ3v) is 6.66. The van der Waals surface area contributed by atoms with E-state index in [4.69, 9.17) is 4.74 Å². The third kappa shape index (κ3) is 4.88. The lowest BCUT2D eigenvalue weighted by molar-refractivity contribution is -0.00854. The van der Waals surface area contributed by atoms with E-state index >= 15 is 0 Å². The molecule has 116 valence electrons. The van der Waals surface area contributed by atoms with Crippen LogP contribution >= 0.6 is 23.5 Å². The highest BCUT2D eigenvalue weighted by molar-refractivity contribution is 8.03. The molecule has 2 aliphatic rings. The maximum Gasteiger partial charge on any atom is 0.0891 e. The SMILES string of the molecule is c1ccc(COC2CCN(C3CSCCSC3)CC2)nc1. The Morgan fingerprint density at radius 1 is 1.14 bits per heavy atom. The Kier molecular flexibility index (Phi) is 6.27. The molecular weight excluding hydrogens is 300 g/mol. The minimum Gasteiger partial charge on any atom is -0.372 e. The van der Waals surface area contributed by atoms with Crippen molar-refractivity contribution in [3.05, 3.63) is 30.1 Å². The van der Waals surface area contributed by atoms with Crippen molar-refractivity contribution in [2.24, 2.45) is 0 Å². The lowest BCUT2D eigenvalue weighted by atomic mass is 10.1. The van der Waals surface area contributed by atoms with Gasteiger partial charge in [0, 0.05) is 48.3 Å². The van der Waals surface area contributed by atoms with E-state index in [1.807, 2.05) is 24.4 Å². The number of thioether (sulfide) groups is 2. The molecule has 0 radical (unpaired) electrons. The van der Waals surface area contributed by atoms with Crippen molar-refractivity contribution in [2.45, 2.75) is 31.6 Å². The summed E-state index contributed by atoms with van der Waals surface area (Å²) in [6.45, 7) is 3.04. The molecule has 0 saturated carbocycles. The maximum atomic E-state index is 6.03. The molecule has 2 saturated heterocycles. The molecule has 0 atom stereocenters. The van der Waals surface area contributed by atoms with Crippen LogP contribution in [0, 0.1) is 0 Å². The topological polar surface area (TPSA) is 25.4 Å². The summed E-state index contributed by atoms with van der Waals surface area (Å²) in [4.78, 5) is 7.01. The van der Waals surface area contributed by atoms with E-state index in [0.29, 0.717) is 12.7 Å². The largest absolute Gasteiger partial charge is 0.372 e. The Balaban J connectivity index is 1.40. The van der Waals surface area contributed by atoms with Gasteiger partial charge < -0.3 is 4.74 Å². The number of likely N-dealkylation sites (tertiary alicyclic amines) is 1. The number of rotatable bonds is 4. The fraction of sp³-hybridized carbons (Fsp3) is 0.688. The molecule has 3 nitrogen and oxygen atoms in total. The van der Waals surface area contributed by atoms with Crippen LogP contribution in [0.1, 0.15) is 18.5 Å². The summed E-state index contributed by atoms with van der Waals surface area (Å²) in [5.74, 6) is 5.27. The Morgan fingerprint density at radius 2 is 1.90 bits per heavy atom. The van der Waals surface area contributed by atoms with Gasteiger partial charge in [0.1, 0.15) is 0 Å². The Bertz CT molecular complexity index is 402. The van der Waals surface area contributed by atoms with Gasteiger partial charge in [-0.25, -0.2) is 0 Å². The molecule has 21 heavy (non-hydrogen) atoms. The van der Waals surface area contributed by atoms with Gasteiger partial charge in [-0.1, -0.05) is 6.07 Å². The molecule has 0 unspecified atom stereocenters. The predicted molar refractivity (Wildman–Crippen MR) is 92.1 cm³/mol. The zero-order chi connectivity index (χ0) is 14.3. The van der Waals surface area contributed by atoms with Gasteiger partial charge in [0.05, 0.1) is 18.4 Å². The molecule has 1 aromatic heterocycles. The highest BCUT2D eigenvalue weighted by Crippen LogP contribution is 2.24. The van der Waals surface area contributed by atoms with Crippen LogP contribution in [0.15, 0.2) is 24.4 Å². The van der Waals surface area contributed by atoms with Crippen LogP contribution in [0.2, 0.25) is 0 Å². The minimum atomic E-state index is 0.411. The van der Waals surface area contributed by atoms with Crippen molar-refractivity contribution >= 4 is 23.5 Å². The summed E-state index contributed by atoms with van der Waals surface area (Å²) in [5.41, 5.74) is 1.04. The fourth-order valence-electron chi connectivity index (χ4n) is 2.91. The van der Waals surface area contributed by atoms with Gasteiger partial charge in [-0.05, 0) is 25.0 Å². The molecule has 2 fully saturated rings. The van der Waals surface area contributed by atoms with E-state index in [0.717, 1.165) is 11.7 Å². The van der Waals surface area contributed by atoms with Gasteiger partial charge in [-0.15, -0.1) is 0 Å². The van der Waals surface area contributed by atoms with E-state index in [9.17, 15) is 0 Å². The molecule has 0 spiro atoms. The quantitative estimate of drug-likeness (QED) is 0.848. The van der Waals surface area contributed by atoms with E-state index in [2.05, 4.69) is 33.4 Å². The molecule has 5 heteroatoms. The molecular formula is C16H24N2OS2. The normalized spacial score (nSPS) is 23.0. The second-order valence-electron chi connectivity index (χ2n) is 5.67. The summed E-state index contributed by atoms with van der Waals surface area (Å²) < 4.78 is 6.03. The highest BCUT2D eigenvalue weighted by atomic mass is 32.2. The van der Waals surface area contributed by atoms with Crippen LogP contribution in [0.25, 0.3) is 0 Å². The predicted octanol–water partition coefficient (Wildman–Crippen LogP) is 2.91. The van der Waals surface area contributed by atoms with Crippen molar-refractivity contribution in [1.82, 2.24) is 9.88 Å². The van der Waals surface area contributed by atoms with Crippen LogP contribution in [0.4, 0.5) is 0 Å². The van der Waals surface area contributed by atoms with Gasteiger partial charge in [0.2, 0.25) is 0 Å². The van der Waals surface area contributed by atoms with Crippen molar-refractivity contribution in [3.63, 3.8) is 0 Å². The average molecular weight is 325 g/mol. The van der Waals surface area contributed by atoms with Gasteiger partial charge in [0.25, 0.3) is 0 Å². The van der Waals surface area contributed by atoms with Crippen molar-refractivity contribution in [2.75, 3.05) is 36.1 Å².